The van der Waals surface area contributed by atoms with Crippen LogP contribution in [-0.2, 0) is 35.0 Å². The minimum atomic E-state index is -3.51. The van der Waals surface area contributed by atoms with E-state index in [9.17, 15) is 14.8 Å². The molecule has 2 aliphatic heterocycles. The number of ether oxygens (including phenoxy) is 4. The molecular formula is C21H35N5O9P+. The topological polar surface area (TPSA) is 176 Å². The summed E-state index contributed by atoms with van der Waals surface area (Å²) in [5.41, 5.74) is 5.78. The summed E-state index contributed by atoms with van der Waals surface area (Å²) in [7, 11) is 1.19. The van der Waals surface area contributed by atoms with Crippen molar-refractivity contribution in [1.82, 2.24) is 14.5 Å². The lowest BCUT2D eigenvalue weighted by atomic mass is 9.99. The Bertz CT molecular complexity index is 1190. The van der Waals surface area contributed by atoms with E-state index in [2.05, 4.69) is 16.3 Å². The number of anilines is 1. The van der Waals surface area contributed by atoms with Gasteiger partial charge in [-0.05, 0) is 13.2 Å². The average Bonchev–Trinajstić information content (AvgIpc) is 3.41. The molecule has 9 atom stereocenters. The van der Waals surface area contributed by atoms with Crippen molar-refractivity contribution in [2.75, 3.05) is 33.2 Å². The van der Waals surface area contributed by atoms with E-state index in [1.807, 2.05) is 13.8 Å². The van der Waals surface area contributed by atoms with Crippen molar-refractivity contribution in [2.45, 2.75) is 56.7 Å². The van der Waals surface area contributed by atoms with Crippen LogP contribution in [0.1, 0.15) is 20.1 Å². The molecule has 0 amide bonds. The van der Waals surface area contributed by atoms with E-state index in [0.29, 0.717) is 0 Å². The second-order valence-electron chi connectivity index (χ2n) is 9.18. The lowest BCUT2D eigenvalue weighted by Gasteiger charge is -2.25. The van der Waals surface area contributed by atoms with E-state index >= 15 is 0 Å². The SMILES string of the molecule is C=P(O)(OCC1OC(C)C(C)C1OC)OCC1OC([n+]2cn(C)c3c(=O)[nH]c(N)nc32)C(O)C1OC. The highest BCUT2D eigenvalue weighted by Crippen LogP contribution is 2.45. The number of nitrogens with zero attached hydrogens (tertiary/aromatic N) is 3. The highest BCUT2D eigenvalue weighted by molar-refractivity contribution is 7.58. The van der Waals surface area contributed by atoms with Gasteiger partial charge in [-0.2, -0.15) is 0 Å². The Morgan fingerprint density at radius 3 is 2.44 bits per heavy atom. The van der Waals surface area contributed by atoms with Crippen LogP contribution >= 0.6 is 7.57 Å². The summed E-state index contributed by atoms with van der Waals surface area (Å²) in [5.74, 6) is 0.0958. The minimum Gasteiger partial charge on any atom is -0.384 e. The van der Waals surface area contributed by atoms with Crippen LogP contribution in [0.4, 0.5) is 5.95 Å². The first-order chi connectivity index (χ1) is 17.0. The third-order valence-electron chi connectivity index (χ3n) is 6.81. The fourth-order valence-electron chi connectivity index (χ4n) is 4.83. The fourth-order valence-corrected chi connectivity index (χ4v) is 5.66. The predicted molar refractivity (Wildman–Crippen MR) is 129 cm³/mol. The Morgan fingerprint density at radius 2 is 1.83 bits per heavy atom. The van der Waals surface area contributed by atoms with Crippen LogP contribution in [0.15, 0.2) is 11.1 Å². The van der Waals surface area contributed by atoms with E-state index in [-0.39, 0.29) is 54.6 Å². The number of aryl methyl sites for hydroxylation is 1. The van der Waals surface area contributed by atoms with Crippen LogP contribution in [0.3, 0.4) is 0 Å². The third-order valence-corrected chi connectivity index (χ3v) is 7.92. The number of rotatable bonds is 9. The number of imidazole rings is 1. The highest BCUT2D eigenvalue weighted by atomic mass is 31.2. The van der Waals surface area contributed by atoms with Crippen LogP contribution in [0.2, 0.25) is 0 Å². The molecule has 0 radical (unpaired) electrons. The molecule has 2 saturated heterocycles. The number of aliphatic hydroxyl groups is 1. The molecule has 36 heavy (non-hydrogen) atoms. The van der Waals surface area contributed by atoms with E-state index in [0.717, 1.165) is 0 Å². The average molecular weight is 533 g/mol. The zero-order valence-electron chi connectivity index (χ0n) is 20.9. The number of nitrogens with one attached hydrogen (secondary N) is 1. The van der Waals surface area contributed by atoms with Gasteiger partial charge in [0.1, 0.15) is 24.4 Å². The van der Waals surface area contributed by atoms with Crippen molar-refractivity contribution >= 4 is 31.0 Å². The van der Waals surface area contributed by atoms with Crippen LogP contribution < -0.4 is 15.9 Å². The number of aromatic nitrogens is 4. The monoisotopic (exact) mass is 532 g/mol. The van der Waals surface area contributed by atoms with Gasteiger partial charge in [-0.25, -0.2) is 4.57 Å². The first-order valence-corrected chi connectivity index (χ1v) is 13.3. The van der Waals surface area contributed by atoms with E-state index < -0.39 is 37.7 Å². The summed E-state index contributed by atoms with van der Waals surface area (Å²) in [5, 5.41) is 11.0. The van der Waals surface area contributed by atoms with Crippen LogP contribution in [0.25, 0.3) is 11.2 Å². The molecule has 0 saturated carbocycles. The molecule has 202 valence electrons. The number of aromatic amines is 1. The molecule has 0 spiro atoms. The van der Waals surface area contributed by atoms with Gasteiger partial charge in [0, 0.05) is 20.1 Å². The van der Waals surface area contributed by atoms with E-state index in [4.69, 9.17) is 33.7 Å². The standard InChI is InChI=1S/C21H34N5O9P/c1-10-11(2)34-12(16(10)30-4)7-32-36(6,29)33-8-13-17(31-5)15(27)20(35-13)26-9-25(3)14-18(26)23-21(22)24-19(14)28/h9-13,15-17,20,27H,6-8H2,1-5H3,(H3-,22,23,24,28,29)/p+1. The van der Waals surface area contributed by atoms with Crippen molar-refractivity contribution in [3.8, 4) is 0 Å². The van der Waals surface area contributed by atoms with Gasteiger partial charge in [0.25, 0.3) is 11.5 Å². The minimum absolute atomic E-state index is 0.0135. The van der Waals surface area contributed by atoms with Gasteiger partial charge in [-0.1, -0.05) is 11.9 Å². The summed E-state index contributed by atoms with van der Waals surface area (Å²) in [6.07, 6.45) is 0.987. The van der Waals surface area contributed by atoms with Crippen LogP contribution in [-0.4, -0.2) is 94.9 Å². The Labute approximate surface area is 208 Å². The number of nitrogen functional groups attached to an aromatic ring is 1. The smallest absolute Gasteiger partial charge is 0.313 e. The molecule has 14 nitrogen and oxygen atoms in total. The summed E-state index contributed by atoms with van der Waals surface area (Å²) in [4.78, 5) is 29.7. The summed E-state index contributed by atoms with van der Waals surface area (Å²) in [6, 6.07) is 0. The van der Waals surface area contributed by atoms with Gasteiger partial charge in [-0.3, -0.25) is 14.3 Å². The van der Waals surface area contributed by atoms with Gasteiger partial charge in [0.2, 0.25) is 19.3 Å². The van der Waals surface area contributed by atoms with Crippen molar-refractivity contribution in [3.63, 3.8) is 0 Å². The quantitative estimate of drug-likeness (QED) is 0.232. The highest BCUT2D eigenvalue weighted by Gasteiger charge is 2.48. The molecule has 15 heteroatoms. The number of H-pyrrole nitrogens is 1. The van der Waals surface area contributed by atoms with Crippen LogP contribution in [0.5, 0.6) is 0 Å². The van der Waals surface area contributed by atoms with Crippen molar-refractivity contribution in [1.29, 1.82) is 0 Å². The maximum Gasteiger partial charge on any atom is 0.313 e. The number of nitrogens with two attached hydrogens (primary N) is 1. The largest absolute Gasteiger partial charge is 0.384 e. The van der Waals surface area contributed by atoms with Gasteiger partial charge < -0.3 is 43.7 Å². The second-order valence-corrected chi connectivity index (χ2v) is 11.0. The summed E-state index contributed by atoms with van der Waals surface area (Å²) >= 11 is 0. The molecule has 2 aromatic heterocycles. The number of hydrogen-bond acceptors (Lipinski definition) is 11. The molecular weight excluding hydrogens is 497 g/mol. The Balaban J connectivity index is 1.44. The maximum atomic E-state index is 12.3. The third kappa shape index (κ3) is 5.10. The van der Waals surface area contributed by atoms with Gasteiger partial charge in [0.15, 0.2) is 6.33 Å². The summed E-state index contributed by atoms with van der Waals surface area (Å²) < 4.78 is 37.1. The van der Waals surface area contributed by atoms with Gasteiger partial charge >= 0.3 is 5.65 Å². The number of fused-ring (bicyclic) bond motifs is 1. The van der Waals surface area contributed by atoms with Crippen molar-refractivity contribution in [3.05, 3.63) is 16.7 Å². The molecule has 9 unspecified atom stereocenters. The first-order valence-electron chi connectivity index (χ1n) is 11.5. The Morgan fingerprint density at radius 1 is 1.22 bits per heavy atom. The second kappa shape index (κ2) is 10.5. The molecule has 4 heterocycles. The maximum absolute atomic E-state index is 12.3. The lowest BCUT2D eigenvalue weighted by Crippen LogP contribution is -2.46. The zero-order chi connectivity index (χ0) is 26.4. The molecule has 0 aliphatic carbocycles. The molecule has 2 fully saturated rings. The molecule has 4 rings (SSSR count). The van der Waals surface area contributed by atoms with E-state index in [1.54, 1.807) is 25.1 Å². The molecule has 0 bridgehead atoms. The first kappa shape index (κ1) is 27.2. The van der Waals surface area contributed by atoms with Gasteiger partial charge in [-0.15, -0.1) is 0 Å². The zero-order valence-corrected chi connectivity index (χ0v) is 21.8. The molecule has 2 aromatic rings. The van der Waals surface area contributed by atoms with Crippen LogP contribution in [0, 0.1) is 5.92 Å². The van der Waals surface area contributed by atoms with Crippen molar-refractivity contribution < 1.29 is 42.6 Å². The number of methoxy groups -OCH3 is 2. The Kier molecular flexibility index (Phi) is 7.91. The number of aliphatic hydroxyl groups excluding tert-OH is 1. The predicted octanol–water partition coefficient (Wildman–Crippen LogP) is -0.937. The Hall–Kier alpha value is -1.87. The number of hydrogen-bond donors (Lipinski definition) is 4. The normalized spacial score (nSPS) is 34.4. The van der Waals surface area contributed by atoms with E-state index in [1.165, 1.54) is 11.7 Å². The van der Waals surface area contributed by atoms with Crippen molar-refractivity contribution in [2.24, 2.45) is 13.0 Å². The van der Waals surface area contributed by atoms with Gasteiger partial charge in [0.05, 0.1) is 32.5 Å². The lowest BCUT2D eigenvalue weighted by molar-refractivity contribution is -0.745. The summed E-state index contributed by atoms with van der Waals surface area (Å²) in [6.45, 7) is 3.85. The fraction of sp³-hybridized carbons (Fsp3) is 0.714. The molecule has 0 aromatic carbocycles. The molecule has 5 N–H and O–H groups in total. The molecule has 2 aliphatic rings.